The van der Waals surface area contributed by atoms with Crippen LogP contribution < -0.4 is 0 Å². The molecule has 2 rings (SSSR count). The average Bonchev–Trinajstić information content (AvgIpc) is 2.67. The first kappa shape index (κ1) is 19.2. The molecule has 0 bridgehead atoms. The summed E-state index contributed by atoms with van der Waals surface area (Å²) < 4.78 is 5.38. The van der Waals surface area contributed by atoms with E-state index in [1.54, 1.807) is 12.1 Å². The summed E-state index contributed by atoms with van der Waals surface area (Å²) in [6, 6.07) is 20.0. The number of unbranched alkanes of at least 4 members (excludes halogenated alkanes) is 3. The number of esters is 1. The molecule has 1 atom stereocenters. The van der Waals surface area contributed by atoms with Gasteiger partial charge in [0.15, 0.2) is 0 Å². The Labute approximate surface area is 152 Å². The zero-order valence-corrected chi connectivity index (χ0v) is 15.3. The molecule has 0 spiro atoms. The topological polar surface area (TPSA) is 26.3 Å². The van der Waals surface area contributed by atoms with E-state index >= 15 is 0 Å². The molecule has 2 nitrogen and oxygen atoms in total. The molecule has 0 amide bonds. The van der Waals surface area contributed by atoms with Gasteiger partial charge in [0, 0.05) is 0 Å². The molecular formula is C23H30O2. The second kappa shape index (κ2) is 11.5. The van der Waals surface area contributed by atoms with Crippen LogP contribution in [0, 0.1) is 0 Å². The summed E-state index contributed by atoms with van der Waals surface area (Å²) in [5.74, 6) is 0.403. The highest BCUT2D eigenvalue weighted by atomic mass is 16.5. The number of hydrogen-bond acceptors (Lipinski definition) is 2. The van der Waals surface area contributed by atoms with E-state index in [1.165, 1.54) is 31.2 Å². The van der Waals surface area contributed by atoms with Crippen molar-refractivity contribution in [3.8, 4) is 0 Å². The maximum Gasteiger partial charge on any atom is 0.338 e. The molecule has 2 heteroatoms. The normalized spacial score (nSPS) is 11.9. The maximum absolute atomic E-state index is 11.9. The zero-order valence-electron chi connectivity index (χ0n) is 15.3. The van der Waals surface area contributed by atoms with Crippen LogP contribution in [0.25, 0.3) is 0 Å². The molecule has 0 aromatic heterocycles. The predicted octanol–water partition coefficient (Wildman–Crippen LogP) is 6.38. The van der Waals surface area contributed by atoms with Crippen LogP contribution in [-0.2, 0) is 4.74 Å². The Kier molecular flexibility index (Phi) is 8.82. The Balaban J connectivity index is 1.72. The fourth-order valence-corrected chi connectivity index (χ4v) is 3.16. The molecule has 0 heterocycles. The van der Waals surface area contributed by atoms with Gasteiger partial charge in [0.2, 0.25) is 0 Å². The van der Waals surface area contributed by atoms with Gasteiger partial charge in [0.05, 0.1) is 12.2 Å². The lowest BCUT2D eigenvalue weighted by Crippen LogP contribution is -2.07. The van der Waals surface area contributed by atoms with E-state index in [1.807, 2.05) is 18.2 Å². The fourth-order valence-electron chi connectivity index (χ4n) is 3.16. The number of carbonyl (C=O) groups is 1. The molecule has 0 N–H and O–H groups in total. The lowest BCUT2D eigenvalue weighted by atomic mass is 9.89. The van der Waals surface area contributed by atoms with Gasteiger partial charge < -0.3 is 4.74 Å². The van der Waals surface area contributed by atoms with Gasteiger partial charge in [-0.25, -0.2) is 4.79 Å². The highest BCUT2D eigenvalue weighted by Gasteiger charge is 2.11. The molecule has 1 unspecified atom stereocenters. The molecule has 2 aromatic carbocycles. The van der Waals surface area contributed by atoms with E-state index < -0.39 is 0 Å². The van der Waals surface area contributed by atoms with Crippen LogP contribution in [0.2, 0.25) is 0 Å². The van der Waals surface area contributed by atoms with Gasteiger partial charge in [0.1, 0.15) is 0 Å². The Morgan fingerprint density at radius 3 is 2.08 bits per heavy atom. The molecule has 0 saturated carbocycles. The Morgan fingerprint density at radius 2 is 1.44 bits per heavy atom. The van der Waals surface area contributed by atoms with Crippen molar-refractivity contribution >= 4 is 5.97 Å². The minimum atomic E-state index is -0.219. The first-order valence-corrected chi connectivity index (χ1v) is 9.58. The molecule has 0 aliphatic heterocycles. The van der Waals surface area contributed by atoms with Crippen LogP contribution in [0.3, 0.4) is 0 Å². The van der Waals surface area contributed by atoms with Crippen molar-refractivity contribution in [1.29, 1.82) is 0 Å². The van der Waals surface area contributed by atoms with Gasteiger partial charge >= 0.3 is 5.97 Å². The van der Waals surface area contributed by atoms with Crippen molar-refractivity contribution in [2.75, 3.05) is 6.61 Å². The zero-order chi connectivity index (χ0) is 17.7. The van der Waals surface area contributed by atoms with Crippen LogP contribution in [-0.4, -0.2) is 12.6 Å². The van der Waals surface area contributed by atoms with Crippen molar-refractivity contribution in [3.05, 3.63) is 71.8 Å². The maximum atomic E-state index is 11.9. The minimum Gasteiger partial charge on any atom is -0.462 e. The Morgan fingerprint density at radius 1 is 0.840 bits per heavy atom. The molecular weight excluding hydrogens is 308 g/mol. The Hall–Kier alpha value is -2.09. The lowest BCUT2D eigenvalue weighted by Gasteiger charge is -2.17. The molecule has 0 saturated heterocycles. The third kappa shape index (κ3) is 7.13. The second-order valence-corrected chi connectivity index (χ2v) is 6.60. The first-order valence-electron chi connectivity index (χ1n) is 9.58. The largest absolute Gasteiger partial charge is 0.462 e. The summed E-state index contributed by atoms with van der Waals surface area (Å²) in [5.41, 5.74) is 2.07. The van der Waals surface area contributed by atoms with Crippen LogP contribution in [0.5, 0.6) is 0 Å². The third-order valence-corrected chi connectivity index (χ3v) is 4.62. The van der Waals surface area contributed by atoms with Gasteiger partial charge in [-0.1, -0.05) is 74.7 Å². The van der Waals surface area contributed by atoms with E-state index in [9.17, 15) is 4.79 Å². The van der Waals surface area contributed by atoms with E-state index in [-0.39, 0.29) is 5.97 Å². The second-order valence-electron chi connectivity index (χ2n) is 6.60. The quantitative estimate of drug-likeness (QED) is 0.351. The van der Waals surface area contributed by atoms with Gasteiger partial charge in [-0.15, -0.1) is 0 Å². The average molecular weight is 338 g/mol. The molecule has 0 fully saturated rings. The Bertz CT molecular complexity index is 592. The van der Waals surface area contributed by atoms with Crippen LogP contribution in [0.15, 0.2) is 60.7 Å². The van der Waals surface area contributed by atoms with Gasteiger partial charge in [0.25, 0.3) is 0 Å². The van der Waals surface area contributed by atoms with Crippen LogP contribution in [0.1, 0.15) is 73.7 Å². The molecule has 0 aliphatic rings. The van der Waals surface area contributed by atoms with Crippen LogP contribution >= 0.6 is 0 Å². The van der Waals surface area contributed by atoms with E-state index in [0.717, 1.165) is 19.3 Å². The summed E-state index contributed by atoms with van der Waals surface area (Å²) in [7, 11) is 0. The van der Waals surface area contributed by atoms with Crippen LogP contribution in [0.4, 0.5) is 0 Å². The van der Waals surface area contributed by atoms with Crippen molar-refractivity contribution in [1.82, 2.24) is 0 Å². The van der Waals surface area contributed by atoms with E-state index in [4.69, 9.17) is 4.74 Å². The molecule has 134 valence electrons. The number of hydrogen-bond donors (Lipinski definition) is 0. The van der Waals surface area contributed by atoms with Gasteiger partial charge in [-0.05, 0) is 49.3 Å². The smallest absolute Gasteiger partial charge is 0.338 e. The van der Waals surface area contributed by atoms with Crippen molar-refractivity contribution in [2.45, 2.75) is 57.8 Å². The van der Waals surface area contributed by atoms with Crippen molar-refractivity contribution in [2.24, 2.45) is 0 Å². The summed E-state index contributed by atoms with van der Waals surface area (Å²) in [4.78, 5) is 11.9. The molecule has 2 aromatic rings. The minimum absolute atomic E-state index is 0.219. The van der Waals surface area contributed by atoms with Crippen molar-refractivity contribution < 1.29 is 9.53 Å². The third-order valence-electron chi connectivity index (χ3n) is 4.62. The van der Waals surface area contributed by atoms with E-state index in [2.05, 4.69) is 37.3 Å². The summed E-state index contributed by atoms with van der Waals surface area (Å²) in [5, 5.41) is 0. The van der Waals surface area contributed by atoms with Gasteiger partial charge in [-0.3, -0.25) is 0 Å². The molecule has 0 aliphatic carbocycles. The van der Waals surface area contributed by atoms with Gasteiger partial charge in [-0.2, -0.15) is 0 Å². The number of ether oxygens (including phenoxy) is 1. The predicted molar refractivity (Wildman–Crippen MR) is 104 cm³/mol. The monoisotopic (exact) mass is 338 g/mol. The summed E-state index contributed by atoms with van der Waals surface area (Å²) >= 11 is 0. The van der Waals surface area contributed by atoms with E-state index in [0.29, 0.717) is 18.1 Å². The van der Waals surface area contributed by atoms with Crippen molar-refractivity contribution in [3.63, 3.8) is 0 Å². The number of rotatable bonds is 11. The molecule has 25 heavy (non-hydrogen) atoms. The summed E-state index contributed by atoms with van der Waals surface area (Å²) in [6.07, 6.45) is 8.29. The fraction of sp³-hybridized carbons (Fsp3) is 0.435. The highest BCUT2D eigenvalue weighted by molar-refractivity contribution is 5.89. The SMILES string of the molecule is CCCCCC(CCCCOC(=O)c1ccccc1)c1ccccc1. The summed E-state index contributed by atoms with van der Waals surface area (Å²) in [6.45, 7) is 2.75. The standard InChI is InChI=1S/C23H30O2/c1-2-3-6-13-20(21-14-7-4-8-15-21)16-11-12-19-25-23(24)22-17-9-5-10-18-22/h4-5,7-10,14-15,17-18,20H,2-3,6,11-13,16,19H2,1H3. The number of carbonyl (C=O) groups excluding carboxylic acids is 1. The first-order chi connectivity index (χ1) is 12.3. The number of benzene rings is 2. The molecule has 0 radical (unpaired) electrons. The highest BCUT2D eigenvalue weighted by Crippen LogP contribution is 2.27. The lowest BCUT2D eigenvalue weighted by molar-refractivity contribution is 0.0497.